The lowest BCUT2D eigenvalue weighted by molar-refractivity contribution is 0.188. The number of aliphatic hydroxyl groups excluding tert-OH is 1. The van der Waals surface area contributed by atoms with Crippen LogP contribution in [0.15, 0.2) is 54.6 Å². The number of rotatable bonds is 8. The molecule has 2 aromatic carbocycles. The number of benzene rings is 2. The quantitative estimate of drug-likeness (QED) is 0.772. The Morgan fingerprint density at radius 2 is 1.72 bits per heavy atom. The predicted molar refractivity (Wildman–Crippen MR) is 103 cm³/mol. The summed E-state index contributed by atoms with van der Waals surface area (Å²) in [5, 5.41) is 12.0. The number of nitrogens with zero attached hydrogens (tertiary/aromatic N) is 2. The van der Waals surface area contributed by atoms with Crippen molar-refractivity contribution in [3.63, 3.8) is 0 Å². The standard InChI is InChI=1S/C20H27N3O2/c1-3-13-23(14-15-24)20(25)21-18-9-11-19(12-10-18)22(2)16-17-7-5-4-6-8-17/h4-12,24H,3,13-16H2,1-2H3,(H,21,25). The van der Waals surface area contributed by atoms with E-state index in [1.165, 1.54) is 5.56 Å². The van der Waals surface area contributed by atoms with Crippen LogP contribution in [0.1, 0.15) is 18.9 Å². The number of hydrogen-bond donors (Lipinski definition) is 2. The van der Waals surface area contributed by atoms with Crippen molar-refractivity contribution in [3.05, 3.63) is 60.2 Å². The van der Waals surface area contributed by atoms with Gasteiger partial charge in [-0.15, -0.1) is 0 Å². The van der Waals surface area contributed by atoms with Crippen LogP contribution in [-0.4, -0.2) is 42.8 Å². The molecule has 0 unspecified atom stereocenters. The fourth-order valence-electron chi connectivity index (χ4n) is 2.66. The van der Waals surface area contributed by atoms with Gasteiger partial charge in [-0.25, -0.2) is 4.79 Å². The van der Waals surface area contributed by atoms with Crippen LogP contribution in [-0.2, 0) is 6.54 Å². The average molecular weight is 341 g/mol. The first kappa shape index (κ1) is 18.8. The van der Waals surface area contributed by atoms with Gasteiger partial charge in [0.25, 0.3) is 0 Å². The second-order valence-electron chi connectivity index (χ2n) is 6.03. The lowest BCUT2D eigenvalue weighted by Crippen LogP contribution is -2.37. The van der Waals surface area contributed by atoms with E-state index in [4.69, 9.17) is 5.11 Å². The molecule has 2 aromatic rings. The fraction of sp³-hybridized carbons (Fsp3) is 0.350. The van der Waals surface area contributed by atoms with E-state index in [1.54, 1.807) is 4.90 Å². The van der Waals surface area contributed by atoms with Crippen molar-refractivity contribution in [1.29, 1.82) is 0 Å². The minimum Gasteiger partial charge on any atom is -0.395 e. The molecule has 25 heavy (non-hydrogen) atoms. The normalized spacial score (nSPS) is 10.4. The van der Waals surface area contributed by atoms with E-state index in [0.29, 0.717) is 13.1 Å². The van der Waals surface area contributed by atoms with Gasteiger partial charge in [-0.05, 0) is 36.2 Å². The van der Waals surface area contributed by atoms with Crippen molar-refractivity contribution >= 4 is 17.4 Å². The summed E-state index contributed by atoms with van der Waals surface area (Å²) >= 11 is 0. The summed E-state index contributed by atoms with van der Waals surface area (Å²) in [5.41, 5.74) is 3.09. The van der Waals surface area contributed by atoms with Gasteiger partial charge in [0.2, 0.25) is 0 Å². The molecule has 0 aliphatic carbocycles. The molecule has 134 valence electrons. The average Bonchev–Trinajstić information content (AvgIpc) is 2.63. The number of urea groups is 1. The van der Waals surface area contributed by atoms with Crippen molar-refractivity contribution in [1.82, 2.24) is 4.90 Å². The van der Waals surface area contributed by atoms with E-state index in [2.05, 4.69) is 22.3 Å². The molecule has 0 aromatic heterocycles. The van der Waals surface area contributed by atoms with Crippen molar-refractivity contribution in [3.8, 4) is 0 Å². The minimum absolute atomic E-state index is 0.0311. The highest BCUT2D eigenvalue weighted by Crippen LogP contribution is 2.19. The Hall–Kier alpha value is -2.53. The molecule has 2 N–H and O–H groups in total. The molecule has 0 saturated carbocycles. The van der Waals surface area contributed by atoms with Gasteiger partial charge < -0.3 is 20.2 Å². The van der Waals surface area contributed by atoms with Crippen molar-refractivity contribution in [2.75, 3.05) is 37.0 Å². The molecule has 2 rings (SSSR count). The Morgan fingerprint density at radius 3 is 2.32 bits per heavy atom. The maximum atomic E-state index is 12.2. The summed E-state index contributed by atoms with van der Waals surface area (Å²) in [7, 11) is 2.05. The molecule has 0 heterocycles. The van der Waals surface area contributed by atoms with Gasteiger partial charge in [-0.2, -0.15) is 0 Å². The lowest BCUT2D eigenvalue weighted by Gasteiger charge is -2.22. The summed E-state index contributed by atoms with van der Waals surface area (Å²) in [4.78, 5) is 16.0. The SMILES string of the molecule is CCCN(CCO)C(=O)Nc1ccc(N(C)Cc2ccccc2)cc1. The maximum Gasteiger partial charge on any atom is 0.321 e. The van der Waals surface area contributed by atoms with E-state index in [0.717, 1.165) is 24.3 Å². The van der Waals surface area contributed by atoms with Crippen molar-refractivity contribution in [2.24, 2.45) is 0 Å². The third-order valence-corrected chi connectivity index (χ3v) is 3.97. The zero-order valence-corrected chi connectivity index (χ0v) is 15.0. The zero-order valence-electron chi connectivity index (χ0n) is 15.0. The Labute approximate surface area is 149 Å². The second kappa shape index (κ2) is 9.69. The lowest BCUT2D eigenvalue weighted by atomic mass is 10.2. The number of hydrogen-bond acceptors (Lipinski definition) is 3. The van der Waals surface area contributed by atoms with E-state index in [9.17, 15) is 4.79 Å². The van der Waals surface area contributed by atoms with Crippen molar-refractivity contribution in [2.45, 2.75) is 19.9 Å². The smallest absolute Gasteiger partial charge is 0.321 e. The Kier molecular flexibility index (Phi) is 7.29. The van der Waals surface area contributed by atoms with Crippen LogP contribution in [0.5, 0.6) is 0 Å². The molecule has 0 aliphatic rings. The van der Waals surface area contributed by atoms with Gasteiger partial charge in [0.15, 0.2) is 0 Å². The fourth-order valence-corrected chi connectivity index (χ4v) is 2.66. The largest absolute Gasteiger partial charge is 0.395 e. The third kappa shape index (κ3) is 5.80. The second-order valence-corrected chi connectivity index (χ2v) is 6.03. The van der Waals surface area contributed by atoms with Crippen molar-refractivity contribution < 1.29 is 9.90 Å². The molecule has 0 saturated heterocycles. The zero-order chi connectivity index (χ0) is 18.1. The van der Waals surface area contributed by atoms with Crippen LogP contribution < -0.4 is 10.2 Å². The summed E-state index contributed by atoms with van der Waals surface area (Å²) in [6.45, 7) is 3.78. The highest BCUT2D eigenvalue weighted by atomic mass is 16.3. The highest BCUT2D eigenvalue weighted by Gasteiger charge is 2.12. The number of anilines is 2. The third-order valence-electron chi connectivity index (χ3n) is 3.97. The topological polar surface area (TPSA) is 55.8 Å². The van der Waals surface area contributed by atoms with Gasteiger partial charge in [0, 0.05) is 38.1 Å². The first-order valence-electron chi connectivity index (χ1n) is 8.66. The molecule has 0 radical (unpaired) electrons. The first-order chi connectivity index (χ1) is 12.1. The van der Waals surface area contributed by atoms with Crippen LogP contribution >= 0.6 is 0 Å². The van der Waals surface area contributed by atoms with Crippen LogP contribution in [0.4, 0.5) is 16.2 Å². The van der Waals surface area contributed by atoms with Gasteiger partial charge in [0.1, 0.15) is 0 Å². The van der Waals surface area contributed by atoms with Gasteiger partial charge in [0.05, 0.1) is 6.61 Å². The number of aliphatic hydroxyl groups is 1. The molecule has 0 fully saturated rings. The predicted octanol–water partition coefficient (Wildman–Crippen LogP) is 3.56. The molecular formula is C20H27N3O2. The summed E-state index contributed by atoms with van der Waals surface area (Å²) in [6.07, 6.45) is 0.858. The Morgan fingerprint density at radius 1 is 1.04 bits per heavy atom. The van der Waals surface area contributed by atoms with Gasteiger partial charge >= 0.3 is 6.03 Å². The summed E-state index contributed by atoms with van der Waals surface area (Å²) in [5.74, 6) is 0. The van der Waals surface area contributed by atoms with Gasteiger partial charge in [-0.1, -0.05) is 37.3 Å². The molecular weight excluding hydrogens is 314 g/mol. The number of carbonyl (C=O) groups excluding carboxylic acids is 1. The van der Waals surface area contributed by atoms with E-state index in [-0.39, 0.29) is 12.6 Å². The minimum atomic E-state index is -0.179. The summed E-state index contributed by atoms with van der Waals surface area (Å²) in [6, 6.07) is 17.9. The number of amides is 2. The Bertz CT molecular complexity index is 638. The van der Waals surface area contributed by atoms with Crippen LogP contribution in [0.2, 0.25) is 0 Å². The molecule has 0 atom stereocenters. The molecule has 0 aliphatic heterocycles. The number of nitrogens with one attached hydrogen (secondary N) is 1. The van der Waals surface area contributed by atoms with Crippen LogP contribution in [0.25, 0.3) is 0 Å². The summed E-state index contributed by atoms with van der Waals surface area (Å²) < 4.78 is 0. The monoisotopic (exact) mass is 341 g/mol. The molecule has 5 nitrogen and oxygen atoms in total. The molecule has 0 bridgehead atoms. The maximum absolute atomic E-state index is 12.2. The van der Waals surface area contributed by atoms with E-state index < -0.39 is 0 Å². The van der Waals surface area contributed by atoms with Crippen LogP contribution in [0, 0.1) is 0 Å². The van der Waals surface area contributed by atoms with Gasteiger partial charge in [-0.3, -0.25) is 0 Å². The van der Waals surface area contributed by atoms with E-state index >= 15 is 0 Å². The first-order valence-corrected chi connectivity index (χ1v) is 8.66. The number of carbonyl (C=O) groups is 1. The highest BCUT2D eigenvalue weighted by molar-refractivity contribution is 5.89. The molecule has 2 amide bonds. The molecule has 5 heteroatoms. The Balaban J connectivity index is 1.95. The van der Waals surface area contributed by atoms with Crippen LogP contribution in [0.3, 0.4) is 0 Å². The van der Waals surface area contributed by atoms with E-state index in [1.807, 2.05) is 56.4 Å². The molecule has 0 spiro atoms.